The van der Waals surface area contributed by atoms with Gasteiger partial charge in [-0.3, -0.25) is 4.90 Å². The number of nitrogens with one attached hydrogen (secondary N) is 1. The molecule has 164 valence electrons. The molecule has 1 N–H and O–H groups in total. The summed E-state index contributed by atoms with van der Waals surface area (Å²) in [6, 6.07) is 6.82. The number of hydrogen-bond acceptors (Lipinski definition) is 5. The lowest BCUT2D eigenvalue weighted by molar-refractivity contribution is 0.0488. The van der Waals surface area contributed by atoms with Gasteiger partial charge in [0, 0.05) is 44.0 Å². The molecule has 0 saturated carbocycles. The molecule has 1 aromatic carbocycles. The molecule has 2 heterocycles. The van der Waals surface area contributed by atoms with Gasteiger partial charge in [0.15, 0.2) is 11.5 Å². The Bertz CT molecular complexity index is 551. The number of fused-ring (bicyclic) bond motifs is 1. The molecule has 0 spiro atoms. The topological polar surface area (TPSA) is 37.0 Å². The predicted molar refractivity (Wildman–Crippen MR) is 125 cm³/mol. The minimum Gasteiger partial charge on any atom is -0.493 e. The first-order chi connectivity index (χ1) is 12.3. The molecule has 2 saturated heterocycles. The molecule has 2 aliphatic rings. The largest absolute Gasteiger partial charge is 0.493 e. The number of piperidine rings is 1. The molecule has 0 amide bonds. The molecule has 28 heavy (non-hydrogen) atoms. The number of methoxy groups -OCH3 is 2. The van der Waals surface area contributed by atoms with Crippen molar-refractivity contribution in [3.8, 4) is 11.5 Å². The van der Waals surface area contributed by atoms with Crippen LogP contribution in [0.25, 0.3) is 0 Å². The number of nitrogens with zero attached hydrogens (tertiary/aromatic N) is 2. The van der Waals surface area contributed by atoms with Crippen LogP contribution in [0.15, 0.2) is 18.2 Å². The standard InChI is InChI=1S/C20H33N3O2.3ClH/c1-24-19-9-8-17(15-20(19)25-2)21-10-4-6-11-22-13-14-23-12-5-3-7-18(23)16-22;;;/h8-9,15,18,21H,3-7,10-14,16H2,1-2H3;3*1H. The van der Waals surface area contributed by atoms with E-state index in [1.54, 1.807) is 14.2 Å². The van der Waals surface area contributed by atoms with Gasteiger partial charge in [0.05, 0.1) is 14.2 Å². The zero-order valence-electron chi connectivity index (χ0n) is 17.0. The molecule has 0 aromatic heterocycles. The fraction of sp³-hybridized carbons (Fsp3) is 0.700. The molecule has 1 aromatic rings. The normalized spacial score (nSPS) is 19.3. The smallest absolute Gasteiger partial charge is 0.162 e. The summed E-state index contributed by atoms with van der Waals surface area (Å²) in [6.45, 7) is 7.36. The summed E-state index contributed by atoms with van der Waals surface area (Å²) in [7, 11) is 3.34. The number of unbranched alkanes of at least 4 members (excludes halogenated alkanes) is 1. The van der Waals surface area contributed by atoms with Crippen LogP contribution in [0, 0.1) is 0 Å². The summed E-state index contributed by atoms with van der Waals surface area (Å²) in [5, 5.41) is 3.49. The highest BCUT2D eigenvalue weighted by molar-refractivity contribution is 5.86. The monoisotopic (exact) mass is 455 g/mol. The van der Waals surface area contributed by atoms with E-state index in [0.29, 0.717) is 0 Å². The van der Waals surface area contributed by atoms with Crippen LogP contribution in [0.5, 0.6) is 11.5 Å². The minimum atomic E-state index is 0. The third-order valence-electron chi connectivity index (χ3n) is 5.54. The van der Waals surface area contributed by atoms with E-state index in [1.807, 2.05) is 18.2 Å². The third-order valence-corrected chi connectivity index (χ3v) is 5.54. The zero-order chi connectivity index (χ0) is 17.5. The molecule has 3 rings (SSSR count). The Morgan fingerprint density at radius 2 is 1.75 bits per heavy atom. The average molecular weight is 457 g/mol. The quantitative estimate of drug-likeness (QED) is 0.589. The highest BCUT2D eigenvalue weighted by Gasteiger charge is 2.28. The summed E-state index contributed by atoms with van der Waals surface area (Å²) in [6.07, 6.45) is 6.67. The number of piperazine rings is 1. The Kier molecular flexibility index (Phi) is 14.1. The van der Waals surface area contributed by atoms with Crippen molar-refractivity contribution in [2.75, 3.05) is 58.8 Å². The Hall–Kier alpha value is -0.590. The van der Waals surface area contributed by atoms with Crippen LogP contribution in [0.1, 0.15) is 32.1 Å². The lowest BCUT2D eigenvalue weighted by atomic mass is 9.99. The maximum absolute atomic E-state index is 5.35. The van der Waals surface area contributed by atoms with Gasteiger partial charge in [-0.05, 0) is 50.9 Å². The molecular formula is C20H36Cl3N3O2. The van der Waals surface area contributed by atoms with E-state index in [9.17, 15) is 0 Å². The molecule has 2 aliphatic heterocycles. The highest BCUT2D eigenvalue weighted by atomic mass is 35.5. The van der Waals surface area contributed by atoms with E-state index >= 15 is 0 Å². The van der Waals surface area contributed by atoms with E-state index < -0.39 is 0 Å². The van der Waals surface area contributed by atoms with Gasteiger partial charge in [-0.25, -0.2) is 0 Å². The van der Waals surface area contributed by atoms with Crippen LogP contribution >= 0.6 is 37.2 Å². The maximum atomic E-state index is 5.35. The summed E-state index contributed by atoms with van der Waals surface area (Å²) in [5.41, 5.74) is 1.09. The third kappa shape index (κ3) is 7.68. The summed E-state index contributed by atoms with van der Waals surface area (Å²) < 4.78 is 10.6. The molecule has 1 unspecified atom stereocenters. The van der Waals surface area contributed by atoms with Gasteiger partial charge in [-0.1, -0.05) is 6.42 Å². The van der Waals surface area contributed by atoms with Crippen molar-refractivity contribution in [3.05, 3.63) is 18.2 Å². The van der Waals surface area contributed by atoms with Crippen LogP contribution < -0.4 is 14.8 Å². The first kappa shape index (κ1) is 27.4. The van der Waals surface area contributed by atoms with Crippen molar-refractivity contribution in [2.45, 2.75) is 38.1 Å². The van der Waals surface area contributed by atoms with E-state index in [0.717, 1.165) is 29.8 Å². The first-order valence-corrected chi connectivity index (χ1v) is 9.72. The molecule has 0 aliphatic carbocycles. The molecule has 2 fully saturated rings. The van der Waals surface area contributed by atoms with Gasteiger partial charge < -0.3 is 19.7 Å². The van der Waals surface area contributed by atoms with Crippen molar-refractivity contribution in [3.63, 3.8) is 0 Å². The van der Waals surface area contributed by atoms with Gasteiger partial charge >= 0.3 is 0 Å². The number of rotatable bonds is 8. The summed E-state index contributed by atoms with van der Waals surface area (Å²) >= 11 is 0. The van der Waals surface area contributed by atoms with Crippen LogP contribution in [0.4, 0.5) is 5.69 Å². The second-order valence-corrected chi connectivity index (χ2v) is 7.19. The number of ether oxygens (including phenoxy) is 2. The maximum Gasteiger partial charge on any atom is 0.162 e. The van der Waals surface area contributed by atoms with Crippen molar-refractivity contribution < 1.29 is 9.47 Å². The Labute approximate surface area is 188 Å². The first-order valence-electron chi connectivity index (χ1n) is 9.72. The number of halogens is 3. The minimum absolute atomic E-state index is 0. The lowest BCUT2D eigenvalue weighted by Crippen LogP contribution is -2.54. The second-order valence-electron chi connectivity index (χ2n) is 7.19. The molecule has 0 bridgehead atoms. The van der Waals surface area contributed by atoms with Gasteiger partial charge in [0.2, 0.25) is 0 Å². The number of anilines is 1. The summed E-state index contributed by atoms with van der Waals surface area (Å²) in [4.78, 5) is 5.38. The highest BCUT2D eigenvalue weighted by Crippen LogP contribution is 2.29. The molecular weight excluding hydrogens is 421 g/mol. The second kappa shape index (κ2) is 14.4. The molecule has 8 heteroatoms. The van der Waals surface area contributed by atoms with E-state index in [2.05, 4.69) is 15.1 Å². The predicted octanol–water partition coefficient (Wildman–Crippen LogP) is 4.33. The molecule has 1 atom stereocenters. The fourth-order valence-electron chi connectivity index (χ4n) is 4.06. The summed E-state index contributed by atoms with van der Waals surface area (Å²) in [5.74, 6) is 1.55. The van der Waals surface area contributed by atoms with E-state index in [1.165, 1.54) is 64.8 Å². The zero-order valence-corrected chi connectivity index (χ0v) is 19.5. The molecule has 0 radical (unpaired) electrons. The lowest BCUT2D eigenvalue weighted by Gasteiger charge is -2.44. The van der Waals surface area contributed by atoms with Crippen molar-refractivity contribution in [1.82, 2.24) is 9.80 Å². The van der Waals surface area contributed by atoms with Gasteiger partial charge in [-0.15, -0.1) is 37.2 Å². The van der Waals surface area contributed by atoms with Gasteiger partial charge in [0.1, 0.15) is 0 Å². The van der Waals surface area contributed by atoms with Crippen LogP contribution in [-0.4, -0.2) is 69.3 Å². The Morgan fingerprint density at radius 3 is 2.50 bits per heavy atom. The van der Waals surface area contributed by atoms with E-state index in [4.69, 9.17) is 9.47 Å². The Balaban J connectivity index is 0.00000243. The van der Waals surface area contributed by atoms with Gasteiger partial charge in [-0.2, -0.15) is 0 Å². The average Bonchev–Trinajstić information content (AvgIpc) is 2.67. The fourth-order valence-corrected chi connectivity index (χ4v) is 4.06. The number of hydrogen-bond donors (Lipinski definition) is 1. The molecule has 5 nitrogen and oxygen atoms in total. The van der Waals surface area contributed by atoms with Crippen LogP contribution in [0.2, 0.25) is 0 Å². The van der Waals surface area contributed by atoms with Crippen LogP contribution in [0.3, 0.4) is 0 Å². The Morgan fingerprint density at radius 1 is 0.964 bits per heavy atom. The van der Waals surface area contributed by atoms with Gasteiger partial charge in [0.25, 0.3) is 0 Å². The van der Waals surface area contributed by atoms with Crippen molar-refractivity contribution in [2.24, 2.45) is 0 Å². The van der Waals surface area contributed by atoms with Crippen molar-refractivity contribution >= 4 is 42.9 Å². The van der Waals surface area contributed by atoms with E-state index in [-0.39, 0.29) is 37.2 Å². The van der Waals surface area contributed by atoms with Crippen molar-refractivity contribution in [1.29, 1.82) is 0 Å². The SMILES string of the molecule is COc1ccc(NCCCCN2CCN3CCCCC3C2)cc1OC.Cl.Cl.Cl. The number of benzene rings is 1. The van der Waals surface area contributed by atoms with Crippen LogP contribution in [-0.2, 0) is 0 Å².